The third-order valence-electron chi connectivity index (χ3n) is 7.31. The van der Waals surface area contributed by atoms with Gasteiger partial charge in [0.2, 0.25) is 0 Å². The van der Waals surface area contributed by atoms with Crippen molar-refractivity contribution in [1.82, 2.24) is 5.32 Å². The molecule has 1 amide bonds. The number of carbonyl (C=O) groups excluding carboxylic acids is 2. The fraction of sp³-hybridized carbons (Fsp3) is 0.882. The largest absolute Gasteiger partial charge is 0.469 e. The van der Waals surface area contributed by atoms with Crippen LogP contribution < -0.4 is 5.32 Å². The molecule has 5 aliphatic carbocycles. The van der Waals surface area contributed by atoms with E-state index in [2.05, 4.69) is 5.32 Å². The first-order valence-corrected chi connectivity index (χ1v) is 8.36. The van der Waals surface area contributed by atoms with Gasteiger partial charge in [0, 0.05) is 0 Å². The van der Waals surface area contributed by atoms with Crippen LogP contribution in [0, 0.1) is 40.9 Å². The lowest BCUT2D eigenvalue weighted by molar-refractivity contribution is -0.287. The maximum absolute atomic E-state index is 12.3. The first-order valence-electron chi connectivity index (χ1n) is 8.36. The summed E-state index contributed by atoms with van der Waals surface area (Å²) in [5, 5.41) is 3.23. The zero-order valence-electron chi connectivity index (χ0n) is 13.5. The number of fused-ring (bicyclic) bond motifs is 3. The van der Waals surface area contributed by atoms with Crippen molar-refractivity contribution >= 4 is 12.1 Å². The molecule has 5 fully saturated rings. The van der Waals surface area contributed by atoms with Gasteiger partial charge in [0.05, 0.1) is 18.1 Å². The van der Waals surface area contributed by atoms with E-state index in [0.717, 1.165) is 18.8 Å². The topological polar surface area (TPSA) is 64.6 Å². The molecule has 0 heterocycles. The first kappa shape index (κ1) is 13.2. The Hall–Kier alpha value is -1.26. The van der Waals surface area contributed by atoms with Gasteiger partial charge in [0.1, 0.15) is 5.60 Å². The van der Waals surface area contributed by atoms with Gasteiger partial charge in [-0.25, -0.2) is 4.79 Å². The van der Waals surface area contributed by atoms with Crippen LogP contribution in [0.15, 0.2) is 0 Å². The van der Waals surface area contributed by atoms with Crippen molar-refractivity contribution in [2.45, 2.75) is 44.8 Å². The number of esters is 1. The van der Waals surface area contributed by atoms with Gasteiger partial charge in [-0.05, 0) is 69.1 Å². The van der Waals surface area contributed by atoms with Crippen LogP contribution in [-0.4, -0.2) is 30.3 Å². The van der Waals surface area contributed by atoms with Crippen LogP contribution in [0.4, 0.5) is 4.79 Å². The van der Waals surface area contributed by atoms with E-state index < -0.39 is 5.60 Å². The molecule has 5 aliphatic rings. The second-order valence-corrected chi connectivity index (χ2v) is 9.04. The van der Waals surface area contributed by atoms with Gasteiger partial charge < -0.3 is 14.8 Å². The van der Waals surface area contributed by atoms with Crippen LogP contribution in [0.1, 0.15) is 33.6 Å². The highest BCUT2D eigenvalue weighted by molar-refractivity contribution is 5.82. The molecule has 5 rings (SSSR count). The number of alkyl carbamates (subject to hydrolysis) is 1. The van der Waals surface area contributed by atoms with Crippen molar-refractivity contribution in [3.63, 3.8) is 0 Å². The summed E-state index contributed by atoms with van der Waals surface area (Å²) in [6, 6.07) is 0. The molecule has 0 aliphatic heterocycles. The Kier molecular flexibility index (Phi) is 1.99. The number of ether oxygens (including phenoxy) is 2. The molecule has 5 nitrogen and oxygen atoms in total. The van der Waals surface area contributed by atoms with Gasteiger partial charge in [-0.15, -0.1) is 0 Å². The summed E-state index contributed by atoms with van der Waals surface area (Å²) in [5.41, 5.74) is -0.757. The maximum Gasteiger partial charge on any atom is 0.408 e. The van der Waals surface area contributed by atoms with Crippen molar-refractivity contribution in [3.8, 4) is 0 Å². The minimum Gasteiger partial charge on any atom is -0.469 e. The summed E-state index contributed by atoms with van der Waals surface area (Å²) < 4.78 is 10.6. The van der Waals surface area contributed by atoms with Crippen LogP contribution >= 0.6 is 0 Å². The van der Waals surface area contributed by atoms with E-state index in [1.807, 2.05) is 20.8 Å². The molecular formula is C17H23NO4. The molecular weight excluding hydrogens is 282 g/mol. The van der Waals surface area contributed by atoms with Gasteiger partial charge in [-0.3, -0.25) is 4.79 Å². The van der Waals surface area contributed by atoms with Crippen LogP contribution in [0.25, 0.3) is 0 Å². The minimum atomic E-state index is -0.471. The zero-order chi connectivity index (χ0) is 15.7. The second-order valence-electron chi connectivity index (χ2n) is 9.04. The Balaban J connectivity index is 1.39. The quantitative estimate of drug-likeness (QED) is 0.792. The molecule has 8 atom stereocenters. The highest BCUT2D eigenvalue weighted by Crippen LogP contribution is 2.93. The van der Waals surface area contributed by atoms with Crippen molar-refractivity contribution in [3.05, 3.63) is 0 Å². The summed E-state index contributed by atoms with van der Waals surface area (Å²) in [7, 11) is 1.50. The summed E-state index contributed by atoms with van der Waals surface area (Å²) in [5.74, 6) is 3.31. The third kappa shape index (κ3) is 1.11. The van der Waals surface area contributed by atoms with Gasteiger partial charge in [-0.1, -0.05) is 0 Å². The van der Waals surface area contributed by atoms with Crippen molar-refractivity contribution in [2.75, 3.05) is 7.11 Å². The standard InChI is InChI=1S/C17H23NO4/c1-15(2,3)22-14(20)18-17-8-6-16(13(19)21-4)5-7-9(10(7)17)12(17)11(8)16/h7-12H,5-6H2,1-4H3,(H,18,20). The fourth-order valence-corrected chi connectivity index (χ4v) is 6.99. The van der Waals surface area contributed by atoms with Crippen LogP contribution in [0.2, 0.25) is 0 Å². The van der Waals surface area contributed by atoms with E-state index in [-0.39, 0.29) is 23.0 Å². The van der Waals surface area contributed by atoms with Gasteiger partial charge in [0.15, 0.2) is 0 Å². The number of amides is 1. The molecule has 120 valence electrons. The van der Waals surface area contributed by atoms with E-state index >= 15 is 0 Å². The van der Waals surface area contributed by atoms with E-state index in [4.69, 9.17) is 9.47 Å². The molecule has 1 N–H and O–H groups in total. The Bertz CT molecular complexity index is 610. The monoisotopic (exact) mass is 305 g/mol. The Labute approximate surface area is 130 Å². The predicted molar refractivity (Wildman–Crippen MR) is 76.7 cm³/mol. The Morgan fingerprint density at radius 1 is 1.14 bits per heavy atom. The molecule has 0 aromatic heterocycles. The van der Waals surface area contributed by atoms with E-state index in [1.54, 1.807) is 0 Å². The molecule has 0 bridgehead atoms. The van der Waals surface area contributed by atoms with Gasteiger partial charge in [0.25, 0.3) is 0 Å². The summed E-state index contributed by atoms with van der Waals surface area (Å²) in [4.78, 5) is 24.5. The van der Waals surface area contributed by atoms with Gasteiger partial charge in [-0.2, -0.15) is 0 Å². The van der Waals surface area contributed by atoms with E-state index in [9.17, 15) is 9.59 Å². The molecule has 5 heteroatoms. The zero-order valence-corrected chi connectivity index (χ0v) is 13.5. The molecule has 0 aromatic carbocycles. The average molecular weight is 305 g/mol. The summed E-state index contributed by atoms with van der Waals surface area (Å²) in [6.07, 6.45) is 1.57. The first-order chi connectivity index (χ1) is 10.3. The average Bonchev–Trinajstić information content (AvgIpc) is 3.07. The highest BCUT2D eigenvalue weighted by Gasteiger charge is 2.97. The molecule has 0 radical (unpaired) electrons. The number of methoxy groups -OCH3 is 1. The van der Waals surface area contributed by atoms with E-state index in [1.165, 1.54) is 7.11 Å². The molecule has 5 saturated carbocycles. The number of nitrogens with one attached hydrogen (secondary N) is 1. The number of hydrogen-bond donors (Lipinski definition) is 1. The number of carbonyl (C=O) groups is 2. The fourth-order valence-electron chi connectivity index (χ4n) is 6.99. The second kappa shape index (κ2) is 3.31. The lowest BCUT2D eigenvalue weighted by Gasteiger charge is -2.78. The summed E-state index contributed by atoms with van der Waals surface area (Å²) in [6.45, 7) is 5.66. The molecule has 8 unspecified atom stereocenters. The van der Waals surface area contributed by atoms with Crippen molar-refractivity contribution in [2.24, 2.45) is 40.9 Å². The van der Waals surface area contributed by atoms with Crippen LogP contribution in [0.3, 0.4) is 0 Å². The molecule has 0 aromatic rings. The minimum absolute atomic E-state index is 0.0179. The lowest BCUT2D eigenvalue weighted by Crippen LogP contribution is -2.86. The normalized spacial score (nSPS) is 54.7. The SMILES string of the molecule is COC(=O)C12CC3C4C3C3(NC(=O)OC(C)(C)C)C(C1)C2C43. The predicted octanol–water partition coefficient (Wildman–Crippen LogP) is 1.95. The third-order valence-corrected chi connectivity index (χ3v) is 7.31. The van der Waals surface area contributed by atoms with Crippen molar-refractivity contribution in [1.29, 1.82) is 0 Å². The lowest BCUT2D eigenvalue weighted by atomic mass is 9.27. The molecule has 0 spiro atoms. The van der Waals surface area contributed by atoms with E-state index in [0.29, 0.717) is 29.6 Å². The Morgan fingerprint density at radius 2 is 1.86 bits per heavy atom. The summed E-state index contributed by atoms with van der Waals surface area (Å²) >= 11 is 0. The number of hydrogen-bond acceptors (Lipinski definition) is 4. The van der Waals surface area contributed by atoms with Crippen LogP contribution in [-0.2, 0) is 14.3 Å². The molecule has 22 heavy (non-hydrogen) atoms. The van der Waals surface area contributed by atoms with Crippen LogP contribution in [0.5, 0.6) is 0 Å². The van der Waals surface area contributed by atoms with Gasteiger partial charge >= 0.3 is 12.1 Å². The molecule has 0 saturated heterocycles. The highest BCUT2D eigenvalue weighted by atomic mass is 16.6. The Morgan fingerprint density at radius 3 is 2.50 bits per heavy atom. The maximum atomic E-state index is 12.3. The number of rotatable bonds is 2. The smallest absolute Gasteiger partial charge is 0.408 e. The van der Waals surface area contributed by atoms with Crippen molar-refractivity contribution < 1.29 is 19.1 Å².